The van der Waals surface area contributed by atoms with Crippen molar-refractivity contribution >= 4 is 11.5 Å². The number of hydrogen-bond donors (Lipinski definition) is 1. The van der Waals surface area contributed by atoms with E-state index < -0.39 is 0 Å². The van der Waals surface area contributed by atoms with Gasteiger partial charge in [-0.2, -0.15) is 0 Å². The Morgan fingerprint density at radius 1 is 0.950 bits per heavy atom. The molecule has 0 heterocycles. The zero-order chi connectivity index (χ0) is 14.7. The SMILES string of the molecule is Cc1cc(C)c(CC(=O)Cc2ccc(N)cc2)c(C)c1. The number of nitrogen functional groups attached to an aromatic ring is 1. The number of benzene rings is 2. The Kier molecular flexibility index (Phi) is 4.23. The second kappa shape index (κ2) is 5.91. The molecule has 2 aromatic rings. The normalized spacial score (nSPS) is 10.6. The molecule has 2 N–H and O–H groups in total. The summed E-state index contributed by atoms with van der Waals surface area (Å²) in [5, 5.41) is 0. The Balaban J connectivity index is 2.10. The molecule has 0 spiro atoms. The first-order valence-corrected chi connectivity index (χ1v) is 6.88. The highest BCUT2D eigenvalue weighted by Gasteiger charge is 2.10. The number of carbonyl (C=O) groups excluding carboxylic acids is 1. The molecule has 0 aliphatic carbocycles. The molecule has 20 heavy (non-hydrogen) atoms. The molecule has 0 unspecified atom stereocenters. The number of rotatable bonds is 4. The molecule has 0 radical (unpaired) electrons. The molecule has 2 aromatic carbocycles. The molecule has 0 fully saturated rings. The summed E-state index contributed by atoms with van der Waals surface area (Å²) < 4.78 is 0. The molecule has 2 nitrogen and oxygen atoms in total. The molecular weight excluding hydrogens is 246 g/mol. The van der Waals surface area contributed by atoms with Crippen molar-refractivity contribution in [2.75, 3.05) is 5.73 Å². The monoisotopic (exact) mass is 267 g/mol. The average molecular weight is 267 g/mol. The molecule has 0 bridgehead atoms. The summed E-state index contributed by atoms with van der Waals surface area (Å²) in [6.07, 6.45) is 0.968. The highest BCUT2D eigenvalue weighted by Crippen LogP contribution is 2.18. The minimum atomic E-state index is 0.241. The molecular formula is C18H21NO. The number of anilines is 1. The van der Waals surface area contributed by atoms with E-state index in [1.54, 1.807) is 0 Å². The lowest BCUT2D eigenvalue weighted by Gasteiger charge is -2.11. The third kappa shape index (κ3) is 3.47. The number of carbonyl (C=O) groups is 1. The van der Waals surface area contributed by atoms with Crippen LogP contribution in [0.25, 0.3) is 0 Å². The van der Waals surface area contributed by atoms with Gasteiger partial charge >= 0.3 is 0 Å². The lowest BCUT2D eigenvalue weighted by molar-refractivity contribution is -0.117. The number of ketones is 1. The predicted octanol–water partition coefficient (Wildman–Crippen LogP) is 3.55. The first kappa shape index (κ1) is 14.3. The van der Waals surface area contributed by atoms with Crippen LogP contribution in [0.4, 0.5) is 5.69 Å². The second-order valence-corrected chi connectivity index (χ2v) is 5.51. The maximum Gasteiger partial charge on any atom is 0.141 e. The molecule has 2 heteroatoms. The molecule has 0 aliphatic rings. The Labute approximate surface area is 120 Å². The van der Waals surface area contributed by atoms with Crippen molar-refractivity contribution in [1.82, 2.24) is 0 Å². The van der Waals surface area contributed by atoms with E-state index in [1.165, 1.54) is 16.7 Å². The molecule has 104 valence electrons. The molecule has 0 amide bonds. The molecule has 0 saturated heterocycles. The summed E-state index contributed by atoms with van der Waals surface area (Å²) in [6, 6.07) is 11.8. The maximum atomic E-state index is 12.2. The van der Waals surface area contributed by atoms with Crippen molar-refractivity contribution in [1.29, 1.82) is 0 Å². The number of nitrogens with two attached hydrogens (primary N) is 1. The van der Waals surface area contributed by atoms with Crippen LogP contribution < -0.4 is 5.73 Å². The van der Waals surface area contributed by atoms with Crippen LogP contribution in [0.2, 0.25) is 0 Å². The maximum absolute atomic E-state index is 12.2. The minimum Gasteiger partial charge on any atom is -0.399 e. The van der Waals surface area contributed by atoms with E-state index in [4.69, 9.17) is 5.73 Å². The van der Waals surface area contributed by atoms with Crippen LogP contribution in [0.15, 0.2) is 36.4 Å². The van der Waals surface area contributed by atoms with Crippen molar-refractivity contribution in [3.8, 4) is 0 Å². The van der Waals surface area contributed by atoms with Gasteiger partial charge in [0.2, 0.25) is 0 Å². The van der Waals surface area contributed by atoms with Crippen molar-refractivity contribution in [2.45, 2.75) is 33.6 Å². The van der Waals surface area contributed by atoms with E-state index >= 15 is 0 Å². The Morgan fingerprint density at radius 2 is 1.50 bits per heavy atom. The lowest BCUT2D eigenvalue weighted by atomic mass is 9.94. The summed E-state index contributed by atoms with van der Waals surface area (Å²) in [5.74, 6) is 0.241. The fraction of sp³-hybridized carbons (Fsp3) is 0.278. The summed E-state index contributed by atoms with van der Waals surface area (Å²) in [4.78, 5) is 12.2. The molecule has 2 rings (SSSR count). The predicted molar refractivity (Wildman–Crippen MR) is 83.9 cm³/mol. The van der Waals surface area contributed by atoms with Crippen LogP contribution in [0.5, 0.6) is 0 Å². The van der Waals surface area contributed by atoms with Crippen molar-refractivity contribution in [3.63, 3.8) is 0 Å². The van der Waals surface area contributed by atoms with E-state index in [0.29, 0.717) is 12.8 Å². The highest BCUT2D eigenvalue weighted by molar-refractivity contribution is 5.83. The van der Waals surface area contributed by atoms with Gasteiger partial charge in [-0.25, -0.2) is 0 Å². The number of hydrogen-bond acceptors (Lipinski definition) is 2. The molecule has 0 atom stereocenters. The van der Waals surface area contributed by atoms with Crippen LogP contribution in [0.3, 0.4) is 0 Å². The van der Waals surface area contributed by atoms with Crippen LogP contribution in [-0.2, 0) is 17.6 Å². The molecule has 0 aliphatic heterocycles. The Bertz CT molecular complexity index is 603. The Hall–Kier alpha value is -2.09. The second-order valence-electron chi connectivity index (χ2n) is 5.51. The van der Waals surface area contributed by atoms with E-state index in [9.17, 15) is 4.79 Å². The van der Waals surface area contributed by atoms with Gasteiger partial charge in [-0.1, -0.05) is 29.8 Å². The average Bonchev–Trinajstić information content (AvgIpc) is 2.36. The van der Waals surface area contributed by atoms with Crippen LogP contribution in [-0.4, -0.2) is 5.78 Å². The topological polar surface area (TPSA) is 43.1 Å². The van der Waals surface area contributed by atoms with Gasteiger partial charge in [-0.05, 0) is 55.2 Å². The third-order valence-electron chi connectivity index (χ3n) is 3.60. The molecule has 0 aromatic heterocycles. The third-order valence-corrected chi connectivity index (χ3v) is 3.60. The van der Waals surface area contributed by atoms with E-state index in [0.717, 1.165) is 16.8 Å². The Morgan fingerprint density at radius 3 is 2.05 bits per heavy atom. The van der Waals surface area contributed by atoms with Crippen molar-refractivity contribution in [2.24, 2.45) is 0 Å². The molecule has 0 saturated carbocycles. The summed E-state index contributed by atoms with van der Waals surface area (Å²) >= 11 is 0. The van der Waals surface area contributed by atoms with E-state index in [1.807, 2.05) is 24.3 Å². The van der Waals surface area contributed by atoms with Crippen LogP contribution in [0.1, 0.15) is 27.8 Å². The fourth-order valence-corrected chi connectivity index (χ4v) is 2.61. The smallest absolute Gasteiger partial charge is 0.141 e. The van der Waals surface area contributed by atoms with Gasteiger partial charge < -0.3 is 5.73 Å². The highest BCUT2D eigenvalue weighted by atomic mass is 16.1. The minimum absolute atomic E-state index is 0.241. The lowest BCUT2D eigenvalue weighted by Crippen LogP contribution is -2.09. The summed E-state index contributed by atoms with van der Waals surface area (Å²) in [6.45, 7) is 6.23. The summed E-state index contributed by atoms with van der Waals surface area (Å²) in [7, 11) is 0. The number of Topliss-reactive ketones (excluding diaryl/α,β-unsaturated/α-hetero) is 1. The van der Waals surface area contributed by atoms with Crippen molar-refractivity contribution < 1.29 is 4.79 Å². The van der Waals surface area contributed by atoms with Crippen LogP contribution >= 0.6 is 0 Å². The first-order valence-electron chi connectivity index (χ1n) is 6.88. The van der Waals surface area contributed by atoms with Gasteiger partial charge in [-0.3, -0.25) is 4.79 Å². The summed E-state index contributed by atoms with van der Waals surface area (Å²) in [5.41, 5.74) is 12.2. The largest absolute Gasteiger partial charge is 0.399 e. The van der Waals surface area contributed by atoms with Crippen molar-refractivity contribution in [3.05, 3.63) is 64.2 Å². The first-order chi connectivity index (χ1) is 9.45. The van der Waals surface area contributed by atoms with E-state index in [-0.39, 0.29) is 5.78 Å². The zero-order valence-corrected chi connectivity index (χ0v) is 12.4. The van der Waals surface area contributed by atoms with Gasteiger partial charge in [0.25, 0.3) is 0 Å². The number of aryl methyl sites for hydroxylation is 3. The van der Waals surface area contributed by atoms with Crippen LogP contribution in [0, 0.1) is 20.8 Å². The van der Waals surface area contributed by atoms with E-state index in [2.05, 4.69) is 32.9 Å². The van der Waals surface area contributed by atoms with Gasteiger partial charge in [-0.15, -0.1) is 0 Å². The van der Waals surface area contributed by atoms with Gasteiger partial charge in [0.1, 0.15) is 5.78 Å². The zero-order valence-electron chi connectivity index (χ0n) is 12.4. The van der Waals surface area contributed by atoms with Gasteiger partial charge in [0.15, 0.2) is 0 Å². The standard InChI is InChI=1S/C18H21NO/c1-12-8-13(2)18(14(3)9-12)11-17(20)10-15-4-6-16(19)7-5-15/h4-9H,10-11,19H2,1-3H3. The van der Waals surface area contributed by atoms with Gasteiger partial charge in [0, 0.05) is 18.5 Å². The fourth-order valence-electron chi connectivity index (χ4n) is 2.61. The quantitative estimate of drug-likeness (QED) is 0.861. The van der Waals surface area contributed by atoms with Gasteiger partial charge in [0.05, 0.1) is 0 Å².